The Hall–Kier alpha value is -3.83. The summed E-state index contributed by atoms with van der Waals surface area (Å²) in [6, 6.07) is 16.1. The van der Waals surface area contributed by atoms with Crippen LogP contribution in [0.25, 0.3) is 11.1 Å². The second kappa shape index (κ2) is 9.76. The average Bonchev–Trinajstić information content (AvgIpc) is 3.14. The van der Waals surface area contributed by atoms with Crippen molar-refractivity contribution in [2.45, 2.75) is 24.3 Å². The molecule has 2 aromatic rings. The SMILES string of the molecule is O=C(O)C#CCNC(=O)C1(NC(=O)OCC2c3ccccc3-c3ccccc32)CCOCC1. The molecule has 4 rings (SSSR count). The van der Waals surface area contributed by atoms with E-state index in [1.165, 1.54) is 0 Å². The summed E-state index contributed by atoms with van der Waals surface area (Å²) in [5.74, 6) is 2.48. The molecule has 0 spiro atoms. The largest absolute Gasteiger partial charge is 0.472 e. The lowest BCUT2D eigenvalue weighted by Gasteiger charge is -2.35. The van der Waals surface area contributed by atoms with Gasteiger partial charge in [0.15, 0.2) is 0 Å². The van der Waals surface area contributed by atoms with E-state index in [0.29, 0.717) is 13.2 Å². The molecule has 8 nitrogen and oxygen atoms in total. The van der Waals surface area contributed by atoms with Crippen molar-refractivity contribution in [2.75, 3.05) is 26.4 Å². The highest BCUT2D eigenvalue weighted by Crippen LogP contribution is 2.44. The third kappa shape index (κ3) is 4.83. The van der Waals surface area contributed by atoms with Crippen LogP contribution in [0.1, 0.15) is 29.9 Å². The first-order chi connectivity index (χ1) is 16.0. The van der Waals surface area contributed by atoms with Gasteiger partial charge in [0.25, 0.3) is 0 Å². The lowest BCUT2D eigenvalue weighted by Crippen LogP contribution is -2.61. The van der Waals surface area contributed by atoms with E-state index in [9.17, 15) is 14.4 Å². The monoisotopic (exact) mass is 448 g/mol. The maximum absolute atomic E-state index is 12.8. The molecule has 2 aliphatic rings. The molecule has 2 aromatic carbocycles. The van der Waals surface area contributed by atoms with Gasteiger partial charge in [-0.15, -0.1) is 0 Å². The molecule has 1 saturated heterocycles. The predicted molar refractivity (Wildman–Crippen MR) is 119 cm³/mol. The first kappa shape index (κ1) is 22.4. The maximum Gasteiger partial charge on any atom is 0.408 e. The maximum atomic E-state index is 12.8. The fraction of sp³-hybridized carbons (Fsp3) is 0.320. The molecule has 3 N–H and O–H groups in total. The molecule has 0 saturated carbocycles. The second-order valence-electron chi connectivity index (χ2n) is 7.93. The van der Waals surface area contributed by atoms with Gasteiger partial charge in [-0.2, -0.15) is 0 Å². The Bertz CT molecular complexity index is 1080. The summed E-state index contributed by atoms with van der Waals surface area (Å²) < 4.78 is 11.0. The average molecular weight is 448 g/mol. The van der Waals surface area contributed by atoms with Gasteiger partial charge in [0.05, 0.1) is 6.54 Å². The molecule has 1 aliphatic heterocycles. The fourth-order valence-electron chi connectivity index (χ4n) is 4.37. The van der Waals surface area contributed by atoms with Gasteiger partial charge in [-0.1, -0.05) is 54.5 Å². The minimum Gasteiger partial charge on any atom is -0.472 e. The summed E-state index contributed by atoms with van der Waals surface area (Å²) in [6.45, 7) is 0.605. The molecule has 0 aromatic heterocycles. The van der Waals surface area contributed by atoms with Gasteiger partial charge in [0.1, 0.15) is 12.1 Å². The quantitative estimate of drug-likeness (QED) is 0.605. The van der Waals surface area contributed by atoms with Crippen molar-refractivity contribution in [1.29, 1.82) is 0 Å². The molecule has 0 radical (unpaired) electrons. The zero-order valence-corrected chi connectivity index (χ0v) is 17.9. The molecule has 1 fully saturated rings. The summed E-state index contributed by atoms with van der Waals surface area (Å²) in [5, 5.41) is 13.9. The van der Waals surface area contributed by atoms with Crippen LogP contribution in [0.3, 0.4) is 0 Å². The summed E-state index contributed by atoms with van der Waals surface area (Å²) in [7, 11) is 0. The Morgan fingerprint density at radius 2 is 1.64 bits per heavy atom. The number of rotatable bonds is 5. The summed E-state index contributed by atoms with van der Waals surface area (Å²) in [5.41, 5.74) is 3.25. The number of hydrogen-bond acceptors (Lipinski definition) is 5. The van der Waals surface area contributed by atoms with Crippen molar-refractivity contribution >= 4 is 18.0 Å². The minimum absolute atomic E-state index is 0.0890. The normalized spacial score (nSPS) is 15.9. The lowest BCUT2D eigenvalue weighted by molar-refractivity contribution is -0.131. The van der Waals surface area contributed by atoms with Gasteiger partial charge in [0, 0.05) is 37.9 Å². The highest BCUT2D eigenvalue weighted by Gasteiger charge is 2.42. The van der Waals surface area contributed by atoms with E-state index in [0.717, 1.165) is 22.3 Å². The Morgan fingerprint density at radius 1 is 1.03 bits per heavy atom. The van der Waals surface area contributed by atoms with Crippen LogP contribution in [0, 0.1) is 11.8 Å². The van der Waals surface area contributed by atoms with Crippen molar-refractivity contribution < 1.29 is 29.0 Å². The van der Waals surface area contributed by atoms with E-state index < -0.39 is 23.5 Å². The van der Waals surface area contributed by atoms with Gasteiger partial charge >= 0.3 is 12.1 Å². The Labute approximate surface area is 191 Å². The highest BCUT2D eigenvalue weighted by atomic mass is 16.5. The van der Waals surface area contributed by atoms with E-state index >= 15 is 0 Å². The number of carboxylic acid groups (broad SMARTS) is 1. The van der Waals surface area contributed by atoms with Gasteiger partial charge in [-0.3, -0.25) is 4.79 Å². The smallest absolute Gasteiger partial charge is 0.408 e. The molecular weight excluding hydrogens is 424 g/mol. The molecule has 0 atom stereocenters. The number of hydrogen-bond donors (Lipinski definition) is 3. The Balaban J connectivity index is 1.43. The Morgan fingerprint density at radius 3 is 2.24 bits per heavy atom. The van der Waals surface area contributed by atoms with Crippen LogP contribution in [-0.2, 0) is 19.1 Å². The number of aliphatic carboxylic acids is 1. The second-order valence-corrected chi connectivity index (χ2v) is 7.93. The summed E-state index contributed by atoms with van der Waals surface area (Å²) >= 11 is 0. The van der Waals surface area contributed by atoms with Crippen LogP contribution in [0.15, 0.2) is 48.5 Å². The Kier molecular flexibility index (Phi) is 6.61. The van der Waals surface area contributed by atoms with Crippen molar-refractivity contribution in [1.82, 2.24) is 10.6 Å². The number of alkyl carbamates (subject to hydrolysis) is 1. The van der Waals surface area contributed by atoms with Crippen molar-refractivity contribution in [2.24, 2.45) is 0 Å². The van der Waals surface area contributed by atoms with Gasteiger partial charge < -0.3 is 25.2 Å². The molecule has 33 heavy (non-hydrogen) atoms. The molecule has 1 heterocycles. The van der Waals surface area contributed by atoms with Crippen molar-refractivity contribution in [3.63, 3.8) is 0 Å². The molecular formula is C25H24N2O6. The third-order valence-electron chi connectivity index (χ3n) is 6.00. The van der Waals surface area contributed by atoms with E-state index in [1.54, 1.807) is 0 Å². The molecule has 1 aliphatic carbocycles. The predicted octanol–water partition coefficient (Wildman–Crippen LogP) is 2.28. The number of fused-ring (bicyclic) bond motifs is 3. The van der Waals surface area contributed by atoms with E-state index in [4.69, 9.17) is 14.6 Å². The van der Waals surface area contributed by atoms with Crippen molar-refractivity contribution in [3.05, 3.63) is 59.7 Å². The van der Waals surface area contributed by atoms with Crippen LogP contribution in [0.4, 0.5) is 4.79 Å². The minimum atomic E-state index is -1.28. The number of ether oxygens (including phenoxy) is 2. The number of amides is 2. The van der Waals surface area contributed by atoms with Crippen LogP contribution < -0.4 is 10.6 Å². The van der Waals surface area contributed by atoms with Gasteiger partial charge in [-0.25, -0.2) is 9.59 Å². The first-order valence-electron chi connectivity index (χ1n) is 10.7. The first-order valence-corrected chi connectivity index (χ1v) is 10.7. The standard InChI is InChI=1S/C25H24N2O6/c28-22(29)10-5-13-26-23(30)25(11-14-32-15-12-25)27-24(31)33-16-21-19-8-3-1-6-17(19)18-7-2-4-9-20(18)21/h1-4,6-9,21H,11-16H2,(H,26,30)(H,27,31)(H,28,29). The number of nitrogens with one attached hydrogen (secondary N) is 2. The van der Waals surface area contributed by atoms with Crippen molar-refractivity contribution in [3.8, 4) is 23.0 Å². The van der Waals surface area contributed by atoms with Crippen LogP contribution in [0.2, 0.25) is 0 Å². The van der Waals surface area contributed by atoms with Gasteiger partial charge in [-0.05, 0) is 22.3 Å². The zero-order valence-electron chi connectivity index (χ0n) is 17.9. The van der Waals surface area contributed by atoms with Crippen LogP contribution in [0.5, 0.6) is 0 Å². The van der Waals surface area contributed by atoms with E-state index in [2.05, 4.69) is 28.7 Å². The molecule has 0 unspecified atom stereocenters. The fourth-order valence-corrected chi connectivity index (χ4v) is 4.37. The third-order valence-corrected chi connectivity index (χ3v) is 6.00. The van der Waals surface area contributed by atoms with Gasteiger partial charge in [0.2, 0.25) is 5.91 Å². The van der Waals surface area contributed by atoms with Crippen LogP contribution in [-0.4, -0.2) is 55.0 Å². The molecule has 8 heteroatoms. The number of carboxylic acids is 1. The number of benzene rings is 2. The summed E-state index contributed by atoms with van der Waals surface area (Å²) in [6.07, 6.45) is -0.143. The molecule has 170 valence electrons. The topological polar surface area (TPSA) is 114 Å². The summed E-state index contributed by atoms with van der Waals surface area (Å²) in [4.78, 5) is 36.1. The number of carbonyl (C=O) groups is 3. The van der Waals surface area contributed by atoms with E-state index in [-0.39, 0.29) is 31.9 Å². The van der Waals surface area contributed by atoms with Crippen LogP contribution >= 0.6 is 0 Å². The number of carbonyl (C=O) groups excluding carboxylic acids is 2. The lowest BCUT2D eigenvalue weighted by atomic mass is 9.89. The molecule has 2 amide bonds. The van der Waals surface area contributed by atoms with E-state index in [1.807, 2.05) is 42.3 Å². The highest BCUT2D eigenvalue weighted by molar-refractivity contribution is 5.91. The molecule has 0 bridgehead atoms. The zero-order chi connectivity index (χ0) is 23.3.